The Labute approximate surface area is 171 Å². The molecule has 0 aromatic carbocycles. The summed E-state index contributed by atoms with van der Waals surface area (Å²) in [7, 11) is 1.87. The second-order valence-corrected chi connectivity index (χ2v) is 9.07. The lowest BCUT2D eigenvalue weighted by Gasteiger charge is -2.46. The van der Waals surface area contributed by atoms with Gasteiger partial charge in [0.25, 0.3) is 0 Å². The van der Waals surface area contributed by atoms with Crippen LogP contribution in [0, 0.1) is 5.92 Å². The lowest BCUT2D eigenvalue weighted by Crippen LogP contribution is -2.59. The number of rotatable bonds is 6. The predicted molar refractivity (Wildman–Crippen MR) is 112 cm³/mol. The zero-order valence-corrected chi connectivity index (χ0v) is 17.9. The summed E-state index contributed by atoms with van der Waals surface area (Å²) in [4.78, 5) is 2.81. The number of methoxy groups -OCH3 is 1. The van der Waals surface area contributed by atoms with E-state index in [9.17, 15) is 0 Å². The van der Waals surface area contributed by atoms with Crippen LogP contribution in [0.3, 0.4) is 0 Å². The van der Waals surface area contributed by atoms with E-state index < -0.39 is 0 Å². The maximum atomic E-state index is 5.75. The highest BCUT2D eigenvalue weighted by atomic mass is 35.5. The molecule has 2 aliphatic heterocycles. The van der Waals surface area contributed by atoms with Crippen LogP contribution in [-0.2, 0) is 9.47 Å². The molecular weight excluding hydrogens is 362 g/mol. The molecule has 0 spiro atoms. The quantitative estimate of drug-likeness (QED) is 0.716. The Morgan fingerprint density at radius 1 is 1.11 bits per heavy atom. The van der Waals surface area contributed by atoms with Crippen LogP contribution in [0.4, 0.5) is 0 Å². The molecule has 4 rings (SSSR count). The first-order valence-electron chi connectivity index (χ1n) is 11.1. The van der Waals surface area contributed by atoms with Gasteiger partial charge in [-0.3, -0.25) is 4.90 Å². The molecule has 3 atom stereocenters. The van der Waals surface area contributed by atoms with E-state index in [1.807, 2.05) is 7.11 Å². The van der Waals surface area contributed by atoms with Crippen LogP contribution in [0.5, 0.6) is 0 Å². The smallest absolute Gasteiger partial charge is 0.0623 e. The Bertz CT molecular complexity index is 433. The summed E-state index contributed by atoms with van der Waals surface area (Å²) in [5.74, 6) is 0.744. The highest BCUT2D eigenvalue weighted by molar-refractivity contribution is 5.85. The van der Waals surface area contributed by atoms with E-state index in [1.54, 1.807) is 0 Å². The first-order valence-corrected chi connectivity index (χ1v) is 11.1. The Morgan fingerprint density at radius 2 is 1.89 bits per heavy atom. The maximum absolute atomic E-state index is 5.75. The molecule has 2 N–H and O–H groups in total. The van der Waals surface area contributed by atoms with E-state index in [2.05, 4.69) is 15.5 Å². The Kier molecular flexibility index (Phi) is 8.25. The molecule has 0 amide bonds. The molecule has 0 bridgehead atoms. The van der Waals surface area contributed by atoms with Gasteiger partial charge in [-0.1, -0.05) is 19.3 Å². The fourth-order valence-corrected chi connectivity index (χ4v) is 6.11. The van der Waals surface area contributed by atoms with Gasteiger partial charge in [0.1, 0.15) is 0 Å². The number of nitrogens with zero attached hydrogens (tertiary/aromatic N) is 1. The van der Waals surface area contributed by atoms with E-state index in [0.29, 0.717) is 23.7 Å². The van der Waals surface area contributed by atoms with Crippen molar-refractivity contribution in [1.82, 2.24) is 15.5 Å². The second kappa shape index (κ2) is 10.2. The molecule has 2 saturated carbocycles. The zero-order chi connectivity index (χ0) is 17.8. The first kappa shape index (κ1) is 21.8. The van der Waals surface area contributed by atoms with Crippen LogP contribution in [0.2, 0.25) is 0 Å². The summed E-state index contributed by atoms with van der Waals surface area (Å²) in [5, 5.41) is 7.78. The number of morpholine rings is 1. The molecule has 0 aromatic heterocycles. The van der Waals surface area contributed by atoms with Crippen molar-refractivity contribution in [2.24, 2.45) is 5.92 Å². The topological polar surface area (TPSA) is 45.8 Å². The number of halogens is 1. The van der Waals surface area contributed by atoms with Crippen molar-refractivity contribution in [2.75, 3.05) is 46.5 Å². The number of hydrogen-bond acceptors (Lipinski definition) is 5. The third-order valence-electron chi connectivity index (χ3n) is 7.71. The van der Waals surface area contributed by atoms with Crippen molar-refractivity contribution >= 4 is 12.4 Å². The summed E-state index contributed by atoms with van der Waals surface area (Å²) >= 11 is 0. The van der Waals surface area contributed by atoms with E-state index in [0.717, 1.165) is 25.7 Å². The van der Waals surface area contributed by atoms with Crippen LogP contribution in [0.1, 0.15) is 57.8 Å². The molecule has 5 nitrogen and oxygen atoms in total. The number of nitrogens with one attached hydrogen (secondary N) is 2. The van der Waals surface area contributed by atoms with Gasteiger partial charge in [-0.2, -0.15) is 0 Å². The maximum Gasteiger partial charge on any atom is 0.0623 e. The van der Waals surface area contributed by atoms with Gasteiger partial charge in [0, 0.05) is 50.9 Å². The van der Waals surface area contributed by atoms with Gasteiger partial charge < -0.3 is 20.1 Å². The molecule has 158 valence electrons. The largest absolute Gasteiger partial charge is 0.381 e. The number of piperidine rings is 1. The molecule has 4 fully saturated rings. The Hall–Kier alpha value is 0.0900. The van der Waals surface area contributed by atoms with Crippen LogP contribution >= 0.6 is 12.4 Å². The monoisotopic (exact) mass is 401 g/mol. The average Bonchev–Trinajstić information content (AvgIpc) is 3.37. The standard InChI is InChI=1S/C21H39N3O2.ClH/c1-25-17-7-12-24(13-8-17)21(9-2-3-10-21)16-23-19-6-4-5-18(19)20-15-26-14-11-22-20;/h17-20,22-23H,2-16H2,1H3;1H. The van der Waals surface area contributed by atoms with Crippen molar-refractivity contribution in [2.45, 2.75) is 81.5 Å². The van der Waals surface area contributed by atoms with Crippen molar-refractivity contribution in [3.05, 3.63) is 0 Å². The van der Waals surface area contributed by atoms with Crippen molar-refractivity contribution < 1.29 is 9.47 Å². The highest BCUT2D eigenvalue weighted by Gasteiger charge is 2.42. The summed E-state index contributed by atoms with van der Waals surface area (Å²) in [6.07, 6.45) is 12.5. The van der Waals surface area contributed by atoms with E-state index in [-0.39, 0.29) is 12.4 Å². The molecule has 2 saturated heterocycles. The van der Waals surface area contributed by atoms with E-state index >= 15 is 0 Å². The molecule has 3 unspecified atom stereocenters. The minimum Gasteiger partial charge on any atom is -0.381 e. The molecular formula is C21H40ClN3O2. The Morgan fingerprint density at radius 3 is 2.56 bits per heavy atom. The van der Waals surface area contributed by atoms with Crippen molar-refractivity contribution in [3.8, 4) is 0 Å². The molecule has 4 aliphatic rings. The van der Waals surface area contributed by atoms with Gasteiger partial charge in [0.15, 0.2) is 0 Å². The van der Waals surface area contributed by atoms with Crippen LogP contribution in [0.15, 0.2) is 0 Å². The number of ether oxygens (including phenoxy) is 2. The number of hydrogen-bond donors (Lipinski definition) is 2. The predicted octanol–water partition coefficient (Wildman–Crippen LogP) is 2.58. The first-order chi connectivity index (χ1) is 12.8. The molecule has 2 heterocycles. The normalized spacial score (nSPS) is 35.2. The molecule has 27 heavy (non-hydrogen) atoms. The minimum absolute atomic E-state index is 0. The summed E-state index contributed by atoms with van der Waals surface area (Å²) in [6, 6.07) is 1.23. The fourth-order valence-electron chi connectivity index (χ4n) is 6.11. The van der Waals surface area contributed by atoms with Crippen LogP contribution in [0.25, 0.3) is 0 Å². The highest BCUT2D eigenvalue weighted by Crippen LogP contribution is 2.38. The molecule has 6 heteroatoms. The molecule has 2 aliphatic carbocycles. The third-order valence-corrected chi connectivity index (χ3v) is 7.71. The van der Waals surface area contributed by atoms with Crippen LogP contribution in [-0.4, -0.2) is 75.1 Å². The van der Waals surface area contributed by atoms with Crippen LogP contribution < -0.4 is 10.6 Å². The van der Waals surface area contributed by atoms with Crippen molar-refractivity contribution in [3.63, 3.8) is 0 Å². The van der Waals surface area contributed by atoms with Gasteiger partial charge in [0.05, 0.1) is 19.3 Å². The van der Waals surface area contributed by atoms with Gasteiger partial charge >= 0.3 is 0 Å². The third kappa shape index (κ3) is 4.99. The summed E-state index contributed by atoms with van der Waals surface area (Å²) in [5.41, 5.74) is 0.405. The molecule has 0 aromatic rings. The second-order valence-electron chi connectivity index (χ2n) is 9.07. The lowest BCUT2D eigenvalue weighted by atomic mass is 9.89. The zero-order valence-electron chi connectivity index (χ0n) is 17.1. The molecule has 0 radical (unpaired) electrons. The fraction of sp³-hybridized carbons (Fsp3) is 1.00. The summed E-state index contributed by atoms with van der Waals surface area (Å²) < 4.78 is 11.3. The SMILES string of the molecule is COC1CCN(C2(CNC3CCCC3C3COCCN3)CCCC2)CC1.Cl. The average molecular weight is 402 g/mol. The summed E-state index contributed by atoms with van der Waals surface area (Å²) in [6.45, 7) is 6.41. The van der Waals surface area contributed by atoms with Crippen molar-refractivity contribution in [1.29, 1.82) is 0 Å². The lowest BCUT2D eigenvalue weighted by molar-refractivity contribution is -0.00497. The Balaban J connectivity index is 0.00000210. The number of likely N-dealkylation sites (tertiary alicyclic amines) is 1. The van der Waals surface area contributed by atoms with Gasteiger partial charge in [0.2, 0.25) is 0 Å². The van der Waals surface area contributed by atoms with E-state index in [1.165, 1.54) is 77.4 Å². The minimum atomic E-state index is 0. The van der Waals surface area contributed by atoms with Gasteiger partial charge in [-0.25, -0.2) is 0 Å². The van der Waals surface area contributed by atoms with E-state index in [4.69, 9.17) is 9.47 Å². The van der Waals surface area contributed by atoms with Gasteiger partial charge in [-0.05, 0) is 44.4 Å². The van der Waals surface area contributed by atoms with Gasteiger partial charge in [-0.15, -0.1) is 12.4 Å².